The minimum atomic E-state index is -3.54. The molecule has 0 atom stereocenters. The molecule has 0 unspecified atom stereocenters. The molecule has 0 saturated carbocycles. The highest BCUT2D eigenvalue weighted by Crippen LogP contribution is 2.44. The molecule has 2 aliphatic rings. The van der Waals surface area contributed by atoms with Gasteiger partial charge < -0.3 is 14.9 Å². The largest absolute Gasteiger partial charge is 0.395 e. The maximum absolute atomic E-state index is 13.1. The first-order valence-electron chi connectivity index (χ1n) is 9.97. The summed E-state index contributed by atoms with van der Waals surface area (Å²) >= 11 is 6.21. The highest BCUT2D eigenvalue weighted by atomic mass is 35.5. The Bertz CT molecular complexity index is 975. The van der Waals surface area contributed by atoms with E-state index in [-0.39, 0.29) is 6.61 Å². The molecule has 0 spiro atoms. The van der Waals surface area contributed by atoms with Gasteiger partial charge in [-0.2, -0.15) is 0 Å². The normalized spacial score (nSPS) is 19.0. The van der Waals surface area contributed by atoms with E-state index in [0.29, 0.717) is 20.5 Å². The summed E-state index contributed by atoms with van der Waals surface area (Å²) in [6.07, 6.45) is 0.917. The topological polar surface area (TPSA) is 64.1 Å². The number of sulfone groups is 1. The Kier molecular flexibility index (Phi) is 6.13. The Labute approximate surface area is 177 Å². The summed E-state index contributed by atoms with van der Waals surface area (Å²) in [7, 11) is -3.54. The molecule has 0 aliphatic carbocycles. The van der Waals surface area contributed by atoms with Crippen LogP contribution in [0.1, 0.15) is 6.42 Å². The van der Waals surface area contributed by atoms with Gasteiger partial charge in [0.2, 0.25) is 9.84 Å². The van der Waals surface area contributed by atoms with Crippen molar-refractivity contribution in [3.05, 3.63) is 47.5 Å². The van der Waals surface area contributed by atoms with Gasteiger partial charge in [0.15, 0.2) is 0 Å². The molecule has 4 rings (SSSR count). The average Bonchev–Trinajstić information content (AvgIpc) is 2.72. The molecular formula is C21H26ClN3O3S. The van der Waals surface area contributed by atoms with Crippen molar-refractivity contribution < 1.29 is 13.5 Å². The molecule has 0 bridgehead atoms. The molecule has 1 fully saturated rings. The molecule has 2 aliphatic heterocycles. The van der Waals surface area contributed by atoms with Crippen LogP contribution in [0, 0.1) is 0 Å². The van der Waals surface area contributed by atoms with Crippen molar-refractivity contribution >= 4 is 32.8 Å². The van der Waals surface area contributed by atoms with E-state index in [4.69, 9.17) is 16.7 Å². The van der Waals surface area contributed by atoms with Gasteiger partial charge in [0.1, 0.15) is 0 Å². The van der Waals surface area contributed by atoms with Crippen LogP contribution in [0.15, 0.2) is 52.3 Å². The van der Waals surface area contributed by atoms with Crippen LogP contribution in [0.4, 0.5) is 11.4 Å². The van der Waals surface area contributed by atoms with E-state index in [1.165, 1.54) is 0 Å². The number of hydrogen-bond donors (Lipinski definition) is 1. The van der Waals surface area contributed by atoms with Crippen LogP contribution >= 0.6 is 11.6 Å². The van der Waals surface area contributed by atoms with Crippen molar-refractivity contribution in [2.24, 2.45) is 0 Å². The fourth-order valence-corrected chi connectivity index (χ4v) is 5.96. The number of nitrogens with zero attached hydrogens (tertiary/aromatic N) is 3. The molecule has 29 heavy (non-hydrogen) atoms. The molecule has 0 aromatic heterocycles. The van der Waals surface area contributed by atoms with E-state index in [1.807, 2.05) is 12.1 Å². The lowest BCUT2D eigenvalue weighted by molar-refractivity contribution is 0.112. The number of benzene rings is 2. The van der Waals surface area contributed by atoms with E-state index in [0.717, 1.165) is 57.9 Å². The summed E-state index contributed by atoms with van der Waals surface area (Å²) in [6, 6.07) is 12.2. The minimum absolute atomic E-state index is 0.208. The van der Waals surface area contributed by atoms with Gasteiger partial charge in [0, 0.05) is 44.3 Å². The number of rotatable bonds is 6. The lowest BCUT2D eigenvalue weighted by Crippen LogP contribution is -2.47. The van der Waals surface area contributed by atoms with Crippen LogP contribution in [0.3, 0.4) is 0 Å². The summed E-state index contributed by atoms with van der Waals surface area (Å²) in [5, 5.41) is 9.60. The Balaban J connectivity index is 1.50. The van der Waals surface area contributed by atoms with Gasteiger partial charge in [-0.1, -0.05) is 23.7 Å². The maximum Gasteiger partial charge on any atom is 0.210 e. The number of β-amino-alcohol motifs (C(OH)–C–C–N with tert-alkyl or cyclic N) is 1. The first-order chi connectivity index (χ1) is 14.0. The molecule has 2 aromatic rings. The summed E-state index contributed by atoms with van der Waals surface area (Å²) in [5.74, 6) is 0. The Hall–Kier alpha value is -1.64. The second kappa shape index (κ2) is 8.62. The predicted octanol–water partition coefficient (Wildman–Crippen LogP) is 2.62. The van der Waals surface area contributed by atoms with E-state index in [2.05, 4.69) is 14.7 Å². The number of aliphatic hydroxyl groups is 1. The molecule has 1 N–H and O–H groups in total. The second-order valence-electron chi connectivity index (χ2n) is 7.50. The van der Waals surface area contributed by atoms with Gasteiger partial charge in [0.25, 0.3) is 0 Å². The molecule has 6 nitrogen and oxygen atoms in total. The van der Waals surface area contributed by atoms with Crippen LogP contribution in [0.2, 0.25) is 5.02 Å². The third-order valence-corrected chi connectivity index (χ3v) is 7.77. The summed E-state index contributed by atoms with van der Waals surface area (Å²) in [6.45, 7) is 6.56. The first kappa shape index (κ1) is 20.6. The highest BCUT2D eigenvalue weighted by Gasteiger charge is 2.33. The van der Waals surface area contributed by atoms with Crippen molar-refractivity contribution in [2.75, 3.05) is 57.3 Å². The number of fused-ring (bicyclic) bond motifs is 2. The zero-order valence-electron chi connectivity index (χ0n) is 16.3. The van der Waals surface area contributed by atoms with Crippen LogP contribution in [-0.2, 0) is 9.84 Å². The standard InChI is InChI=1S/C21H26ClN3O3S/c22-17-6-7-21-19(16-17)25(18-4-1-2-5-20(18)29(21,27)28)9-3-8-23-10-12-24(13-11-23)14-15-26/h1-2,4-7,16,26H,3,8-15H2. The third kappa shape index (κ3) is 4.15. The SMILES string of the molecule is O=S1(=O)c2ccccc2N(CCCN2CCN(CCO)CC2)c2cc(Cl)ccc21. The van der Waals surface area contributed by atoms with Crippen molar-refractivity contribution in [1.29, 1.82) is 0 Å². The fourth-order valence-electron chi connectivity index (χ4n) is 4.16. The zero-order chi connectivity index (χ0) is 20.4. The average molecular weight is 436 g/mol. The molecule has 8 heteroatoms. The number of para-hydroxylation sites is 1. The maximum atomic E-state index is 13.1. The molecule has 0 radical (unpaired) electrons. The van der Waals surface area contributed by atoms with E-state index < -0.39 is 9.84 Å². The minimum Gasteiger partial charge on any atom is -0.395 e. The third-order valence-electron chi connectivity index (χ3n) is 5.68. The zero-order valence-corrected chi connectivity index (χ0v) is 17.9. The quantitative estimate of drug-likeness (QED) is 0.752. The molecule has 2 heterocycles. The van der Waals surface area contributed by atoms with Crippen LogP contribution < -0.4 is 4.90 Å². The molecule has 0 amide bonds. The number of halogens is 1. The molecule has 2 aromatic carbocycles. The van der Waals surface area contributed by atoms with E-state index in [9.17, 15) is 8.42 Å². The summed E-state index contributed by atoms with van der Waals surface area (Å²) in [4.78, 5) is 7.46. The molecule has 156 valence electrons. The predicted molar refractivity (Wildman–Crippen MR) is 115 cm³/mol. The van der Waals surface area contributed by atoms with Crippen molar-refractivity contribution in [3.8, 4) is 0 Å². The van der Waals surface area contributed by atoms with Crippen molar-refractivity contribution in [3.63, 3.8) is 0 Å². The van der Waals surface area contributed by atoms with Gasteiger partial charge in [-0.05, 0) is 43.3 Å². The second-order valence-corrected chi connectivity index (χ2v) is 9.82. The Morgan fingerprint density at radius 3 is 2.24 bits per heavy atom. The van der Waals surface area contributed by atoms with Crippen LogP contribution in [0.5, 0.6) is 0 Å². The van der Waals surface area contributed by atoms with Gasteiger partial charge in [-0.15, -0.1) is 0 Å². The van der Waals surface area contributed by atoms with Crippen molar-refractivity contribution in [1.82, 2.24) is 9.80 Å². The van der Waals surface area contributed by atoms with E-state index in [1.54, 1.807) is 30.3 Å². The monoisotopic (exact) mass is 435 g/mol. The number of hydrogen-bond acceptors (Lipinski definition) is 6. The smallest absolute Gasteiger partial charge is 0.210 e. The van der Waals surface area contributed by atoms with Gasteiger partial charge in [-0.25, -0.2) is 8.42 Å². The number of anilines is 2. The van der Waals surface area contributed by atoms with Crippen LogP contribution in [0.25, 0.3) is 0 Å². The highest BCUT2D eigenvalue weighted by molar-refractivity contribution is 7.92. The Morgan fingerprint density at radius 1 is 0.862 bits per heavy atom. The summed E-state index contributed by atoms with van der Waals surface area (Å²) < 4.78 is 26.1. The number of piperazine rings is 1. The van der Waals surface area contributed by atoms with Gasteiger partial charge in [0.05, 0.1) is 27.8 Å². The van der Waals surface area contributed by atoms with Gasteiger partial charge >= 0.3 is 0 Å². The Morgan fingerprint density at radius 2 is 1.52 bits per heavy atom. The lowest BCUT2D eigenvalue weighted by Gasteiger charge is -2.36. The fraction of sp³-hybridized carbons (Fsp3) is 0.429. The van der Waals surface area contributed by atoms with Gasteiger partial charge in [-0.3, -0.25) is 4.90 Å². The molecule has 1 saturated heterocycles. The van der Waals surface area contributed by atoms with E-state index >= 15 is 0 Å². The van der Waals surface area contributed by atoms with Crippen LogP contribution in [-0.4, -0.2) is 75.7 Å². The molecular weight excluding hydrogens is 410 g/mol. The number of aliphatic hydroxyl groups excluding tert-OH is 1. The lowest BCUT2D eigenvalue weighted by atomic mass is 10.2. The van der Waals surface area contributed by atoms with Crippen molar-refractivity contribution in [2.45, 2.75) is 16.2 Å². The first-order valence-corrected chi connectivity index (χ1v) is 11.8. The summed E-state index contributed by atoms with van der Waals surface area (Å²) in [5.41, 5.74) is 1.37.